The number of carbonyl (C=O) groups excluding carboxylic acids is 2. The highest BCUT2D eigenvalue weighted by atomic mass is 32.1. The second-order valence-corrected chi connectivity index (χ2v) is 7.68. The number of amides is 2. The Morgan fingerprint density at radius 2 is 2.08 bits per heavy atom. The fraction of sp³-hybridized carbons (Fsp3) is 0.667. The van der Waals surface area contributed by atoms with Gasteiger partial charge in [0.25, 0.3) is 0 Å². The third-order valence-electron chi connectivity index (χ3n) is 4.80. The van der Waals surface area contributed by atoms with Crippen molar-refractivity contribution in [1.29, 1.82) is 0 Å². The van der Waals surface area contributed by atoms with Crippen molar-refractivity contribution in [3.8, 4) is 0 Å². The smallest absolute Gasteiger partial charge is 0.221 e. The van der Waals surface area contributed by atoms with E-state index in [-0.39, 0.29) is 17.9 Å². The molecule has 1 aromatic heterocycles. The molecule has 134 valence electrons. The Morgan fingerprint density at radius 3 is 2.71 bits per heavy atom. The fourth-order valence-corrected chi connectivity index (χ4v) is 3.98. The van der Waals surface area contributed by atoms with Gasteiger partial charge in [0, 0.05) is 45.6 Å². The molecule has 1 aromatic rings. The first-order valence-corrected chi connectivity index (χ1v) is 9.67. The van der Waals surface area contributed by atoms with Gasteiger partial charge in [-0.05, 0) is 40.6 Å². The Labute approximate surface area is 148 Å². The summed E-state index contributed by atoms with van der Waals surface area (Å²) in [7, 11) is 1.67. The van der Waals surface area contributed by atoms with Crippen LogP contribution >= 0.6 is 11.3 Å². The molecule has 2 atom stereocenters. The molecule has 0 aliphatic carbocycles. The first-order valence-electron chi connectivity index (χ1n) is 8.73. The van der Waals surface area contributed by atoms with Crippen molar-refractivity contribution in [3.05, 3.63) is 22.4 Å². The molecule has 2 amide bonds. The van der Waals surface area contributed by atoms with Gasteiger partial charge < -0.3 is 15.5 Å². The molecule has 0 aromatic carbocycles. The predicted octanol–water partition coefficient (Wildman–Crippen LogP) is 1.89. The molecule has 2 N–H and O–H groups in total. The molecule has 1 aliphatic rings. The number of aryl methyl sites for hydroxylation is 1. The van der Waals surface area contributed by atoms with Crippen LogP contribution in [0.25, 0.3) is 0 Å². The number of nitrogens with one attached hydrogen (secondary N) is 2. The molecular weight excluding hydrogens is 322 g/mol. The standard InChI is InChI=1S/C18H29N3O2S/c1-13(2)15-10-21(8-6-17(22)19-3)11-16(15)20-18(23)5-4-14-7-9-24-12-14/h7,9,12-13,15-16H,4-6,8,10-11H2,1-3H3,(H,19,22)(H,20,23)/t15-,16+/m0/s1. The van der Waals surface area contributed by atoms with E-state index in [2.05, 4.69) is 40.8 Å². The van der Waals surface area contributed by atoms with Crippen LogP contribution < -0.4 is 10.6 Å². The lowest BCUT2D eigenvalue weighted by Crippen LogP contribution is -2.42. The normalized spacial score (nSPS) is 21.2. The van der Waals surface area contributed by atoms with Crippen LogP contribution in [0.15, 0.2) is 16.8 Å². The number of rotatable bonds is 8. The third-order valence-corrected chi connectivity index (χ3v) is 5.53. The van der Waals surface area contributed by atoms with Gasteiger partial charge in [-0.15, -0.1) is 0 Å². The summed E-state index contributed by atoms with van der Waals surface area (Å²) in [6, 6.07) is 2.26. The first-order chi connectivity index (χ1) is 11.5. The van der Waals surface area contributed by atoms with Crippen molar-refractivity contribution >= 4 is 23.2 Å². The molecule has 0 spiro atoms. The quantitative estimate of drug-likeness (QED) is 0.752. The summed E-state index contributed by atoms with van der Waals surface area (Å²) in [5, 5.41) is 10.0. The van der Waals surface area contributed by atoms with Crippen molar-refractivity contribution in [1.82, 2.24) is 15.5 Å². The van der Waals surface area contributed by atoms with Gasteiger partial charge in [0.05, 0.1) is 0 Å². The van der Waals surface area contributed by atoms with Crippen molar-refractivity contribution in [2.75, 3.05) is 26.7 Å². The summed E-state index contributed by atoms with van der Waals surface area (Å²) >= 11 is 1.67. The van der Waals surface area contributed by atoms with E-state index in [1.807, 2.05) is 5.38 Å². The molecule has 1 fully saturated rings. The summed E-state index contributed by atoms with van der Waals surface area (Å²) < 4.78 is 0. The van der Waals surface area contributed by atoms with Gasteiger partial charge in [0.15, 0.2) is 0 Å². The SMILES string of the molecule is CNC(=O)CCN1C[C@@H](NC(=O)CCc2ccsc2)[C@H](C(C)C)C1. The molecule has 5 nitrogen and oxygen atoms in total. The highest BCUT2D eigenvalue weighted by Gasteiger charge is 2.35. The van der Waals surface area contributed by atoms with Gasteiger partial charge in [0.2, 0.25) is 11.8 Å². The molecule has 2 rings (SSSR count). The summed E-state index contributed by atoms with van der Waals surface area (Å²) in [6.07, 6.45) is 1.85. The van der Waals surface area contributed by atoms with Gasteiger partial charge in [0.1, 0.15) is 0 Å². The van der Waals surface area contributed by atoms with Gasteiger partial charge >= 0.3 is 0 Å². The molecule has 1 aliphatic heterocycles. The minimum absolute atomic E-state index is 0.0688. The van der Waals surface area contributed by atoms with Crippen LogP contribution in [0, 0.1) is 11.8 Å². The van der Waals surface area contributed by atoms with Gasteiger partial charge in [-0.2, -0.15) is 11.3 Å². The molecule has 0 unspecified atom stereocenters. The number of thiophene rings is 1. The van der Waals surface area contributed by atoms with Crippen LogP contribution in [0.4, 0.5) is 0 Å². The van der Waals surface area contributed by atoms with E-state index >= 15 is 0 Å². The maximum Gasteiger partial charge on any atom is 0.221 e. The highest BCUT2D eigenvalue weighted by Crippen LogP contribution is 2.24. The molecule has 2 heterocycles. The second-order valence-electron chi connectivity index (χ2n) is 6.90. The number of likely N-dealkylation sites (tertiary alicyclic amines) is 1. The fourth-order valence-electron chi connectivity index (χ4n) is 3.28. The highest BCUT2D eigenvalue weighted by molar-refractivity contribution is 7.07. The van der Waals surface area contributed by atoms with E-state index in [4.69, 9.17) is 0 Å². The molecular formula is C18H29N3O2S. The third kappa shape index (κ3) is 5.60. The van der Waals surface area contributed by atoms with Crippen LogP contribution in [0.1, 0.15) is 32.3 Å². The maximum atomic E-state index is 12.3. The Morgan fingerprint density at radius 1 is 1.29 bits per heavy atom. The van der Waals surface area contributed by atoms with E-state index in [9.17, 15) is 9.59 Å². The molecule has 6 heteroatoms. The van der Waals surface area contributed by atoms with Crippen LogP contribution in [0.2, 0.25) is 0 Å². The Bertz CT molecular complexity index is 530. The second kappa shape index (κ2) is 9.18. The number of hydrogen-bond donors (Lipinski definition) is 2. The lowest BCUT2D eigenvalue weighted by molar-refractivity contribution is -0.122. The number of nitrogens with zero attached hydrogens (tertiary/aromatic N) is 1. The molecule has 24 heavy (non-hydrogen) atoms. The largest absolute Gasteiger partial charge is 0.359 e. The molecule has 0 saturated carbocycles. The van der Waals surface area contributed by atoms with Crippen molar-refractivity contribution < 1.29 is 9.59 Å². The van der Waals surface area contributed by atoms with Crippen LogP contribution in [-0.2, 0) is 16.0 Å². The van der Waals surface area contributed by atoms with Crippen LogP contribution in [-0.4, -0.2) is 49.4 Å². The molecule has 0 radical (unpaired) electrons. The van der Waals surface area contributed by atoms with Gasteiger partial charge in [-0.25, -0.2) is 0 Å². The van der Waals surface area contributed by atoms with Crippen LogP contribution in [0.5, 0.6) is 0 Å². The Hall–Kier alpha value is -1.40. The number of carbonyl (C=O) groups is 2. The van der Waals surface area contributed by atoms with E-state index in [1.54, 1.807) is 18.4 Å². The summed E-state index contributed by atoms with van der Waals surface area (Å²) in [6.45, 7) is 6.95. The van der Waals surface area contributed by atoms with Gasteiger partial charge in [-0.3, -0.25) is 9.59 Å². The van der Waals surface area contributed by atoms with Gasteiger partial charge in [-0.1, -0.05) is 13.8 Å². The summed E-state index contributed by atoms with van der Waals surface area (Å²) in [5.41, 5.74) is 1.23. The van der Waals surface area contributed by atoms with Crippen molar-refractivity contribution in [3.63, 3.8) is 0 Å². The minimum atomic E-state index is 0.0688. The minimum Gasteiger partial charge on any atom is -0.359 e. The van der Waals surface area contributed by atoms with Crippen LogP contribution in [0.3, 0.4) is 0 Å². The topological polar surface area (TPSA) is 61.4 Å². The lowest BCUT2D eigenvalue weighted by Gasteiger charge is -2.23. The maximum absolute atomic E-state index is 12.3. The predicted molar refractivity (Wildman–Crippen MR) is 98.0 cm³/mol. The average Bonchev–Trinajstić information content (AvgIpc) is 3.20. The Balaban J connectivity index is 1.82. The average molecular weight is 352 g/mol. The monoisotopic (exact) mass is 351 g/mol. The number of hydrogen-bond acceptors (Lipinski definition) is 4. The zero-order valence-corrected chi connectivity index (χ0v) is 15.7. The molecule has 0 bridgehead atoms. The van der Waals surface area contributed by atoms with Crippen molar-refractivity contribution in [2.45, 2.75) is 39.2 Å². The van der Waals surface area contributed by atoms with E-state index in [0.717, 1.165) is 26.1 Å². The summed E-state index contributed by atoms with van der Waals surface area (Å²) in [5.74, 6) is 1.15. The van der Waals surface area contributed by atoms with Crippen molar-refractivity contribution in [2.24, 2.45) is 11.8 Å². The zero-order chi connectivity index (χ0) is 17.5. The van der Waals surface area contributed by atoms with E-state index in [0.29, 0.717) is 24.7 Å². The lowest BCUT2D eigenvalue weighted by atomic mass is 9.91. The summed E-state index contributed by atoms with van der Waals surface area (Å²) in [4.78, 5) is 26.0. The molecule has 1 saturated heterocycles. The zero-order valence-electron chi connectivity index (χ0n) is 14.9. The Kier molecular flexibility index (Phi) is 7.24. The van der Waals surface area contributed by atoms with E-state index in [1.165, 1.54) is 5.56 Å². The first kappa shape index (κ1) is 18.9. The van der Waals surface area contributed by atoms with E-state index < -0.39 is 0 Å².